The summed E-state index contributed by atoms with van der Waals surface area (Å²) < 4.78 is 28.8. The Balaban J connectivity index is 1.75. The molecule has 1 aromatic heterocycles. The van der Waals surface area contributed by atoms with Crippen LogP contribution < -0.4 is 4.74 Å². The van der Waals surface area contributed by atoms with Crippen LogP contribution in [0.2, 0.25) is 5.02 Å². The Labute approximate surface area is 154 Å². The number of methoxy groups -OCH3 is 1. The molecular formula is C19H15ClFNO4. The maximum absolute atomic E-state index is 13.0. The highest BCUT2D eigenvalue weighted by Gasteiger charge is 2.18. The third kappa shape index (κ3) is 3.70. The predicted molar refractivity (Wildman–Crippen MR) is 93.8 cm³/mol. The number of aromatic nitrogens is 1. The van der Waals surface area contributed by atoms with E-state index in [1.54, 1.807) is 31.2 Å². The normalized spacial score (nSPS) is 10.6. The van der Waals surface area contributed by atoms with Crippen molar-refractivity contribution in [2.24, 2.45) is 0 Å². The minimum Gasteiger partial charge on any atom is -0.496 e. The highest BCUT2D eigenvalue weighted by atomic mass is 35.5. The van der Waals surface area contributed by atoms with Crippen LogP contribution in [0.3, 0.4) is 0 Å². The van der Waals surface area contributed by atoms with Crippen molar-refractivity contribution in [3.63, 3.8) is 0 Å². The van der Waals surface area contributed by atoms with E-state index >= 15 is 0 Å². The van der Waals surface area contributed by atoms with E-state index < -0.39 is 5.97 Å². The van der Waals surface area contributed by atoms with E-state index in [0.29, 0.717) is 33.4 Å². The fourth-order valence-electron chi connectivity index (χ4n) is 2.43. The summed E-state index contributed by atoms with van der Waals surface area (Å²) in [5.74, 6) is -0.0646. The zero-order chi connectivity index (χ0) is 18.7. The minimum absolute atomic E-state index is 0.0783. The van der Waals surface area contributed by atoms with E-state index in [0.717, 1.165) is 0 Å². The Morgan fingerprint density at radius 3 is 2.65 bits per heavy atom. The molecule has 3 aromatic rings. The Morgan fingerprint density at radius 1 is 1.23 bits per heavy atom. The van der Waals surface area contributed by atoms with Gasteiger partial charge in [-0.1, -0.05) is 16.8 Å². The number of carbonyl (C=O) groups excluding carboxylic acids is 1. The van der Waals surface area contributed by atoms with Crippen molar-refractivity contribution in [3.8, 4) is 17.1 Å². The molecular weight excluding hydrogens is 361 g/mol. The number of carbonyl (C=O) groups is 1. The Morgan fingerprint density at radius 2 is 1.96 bits per heavy atom. The van der Waals surface area contributed by atoms with Crippen LogP contribution in [0.4, 0.5) is 4.39 Å². The van der Waals surface area contributed by atoms with Crippen LogP contribution in [0.25, 0.3) is 11.3 Å². The molecule has 0 spiro atoms. The third-order valence-electron chi connectivity index (χ3n) is 3.85. The molecule has 26 heavy (non-hydrogen) atoms. The highest BCUT2D eigenvalue weighted by molar-refractivity contribution is 6.31. The molecule has 0 bridgehead atoms. The summed E-state index contributed by atoms with van der Waals surface area (Å²) in [5, 5.41) is 4.33. The summed E-state index contributed by atoms with van der Waals surface area (Å²) in [7, 11) is 1.46. The fraction of sp³-hybridized carbons (Fsp3) is 0.158. The van der Waals surface area contributed by atoms with Crippen LogP contribution >= 0.6 is 11.6 Å². The molecule has 7 heteroatoms. The van der Waals surface area contributed by atoms with Gasteiger partial charge in [-0.3, -0.25) is 0 Å². The van der Waals surface area contributed by atoms with Crippen molar-refractivity contribution in [2.45, 2.75) is 13.5 Å². The lowest BCUT2D eigenvalue weighted by molar-refractivity contribution is 0.0460. The van der Waals surface area contributed by atoms with Gasteiger partial charge in [0.1, 0.15) is 29.4 Å². The number of ether oxygens (including phenoxy) is 2. The maximum atomic E-state index is 13.0. The predicted octanol–water partition coefficient (Wildman–Crippen LogP) is 4.81. The molecule has 0 radical (unpaired) electrons. The van der Waals surface area contributed by atoms with Gasteiger partial charge >= 0.3 is 5.97 Å². The van der Waals surface area contributed by atoms with Crippen molar-refractivity contribution in [2.75, 3.05) is 7.11 Å². The van der Waals surface area contributed by atoms with Gasteiger partial charge in [0, 0.05) is 16.1 Å². The monoisotopic (exact) mass is 375 g/mol. The number of halogens is 2. The van der Waals surface area contributed by atoms with Gasteiger partial charge < -0.3 is 14.0 Å². The number of nitrogens with zero attached hydrogens (tertiary/aromatic N) is 1. The topological polar surface area (TPSA) is 61.6 Å². The summed E-state index contributed by atoms with van der Waals surface area (Å²) in [6, 6.07) is 10.5. The summed E-state index contributed by atoms with van der Waals surface area (Å²) in [5.41, 5.74) is 2.09. The lowest BCUT2D eigenvalue weighted by Gasteiger charge is -2.08. The van der Waals surface area contributed by atoms with Gasteiger partial charge in [-0.25, -0.2) is 9.18 Å². The molecule has 0 aliphatic rings. The zero-order valence-electron chi connectivity index (χ0n) is 14.1. The van der Waals surface area contributed by atoms with Crippen LogP contribution in [0.1, 0.15) is 21.6 Å². The summed E-state index contributed by atoms with van der Waals surface area (Å²) in [6.07, 6.45) is 0. The second kappa shape index (κ2) is 7.58. The number of hydrogen-bond donors (Lipinski definition) is 0. The maximum Gasteiger partial charge on any atom is 0.342 e. The van der Waals surface area contributed by atoms with E-state index in [1.165, 1.54) is 25.3 Å². The van der Waals surface area contributed by atoms with E-state index in [9.17, 15) is 9.18 Å². The van der Waals surface area contributed by atoms with Crippen LogP contribution in [0.15, 0.2) is 47.0 Å². The zero-order valence-corrected chi connectivity index (χ0v) is 14.8. The van der Waals surface area contributed by atoms with E-state index in [4.69, 9.17) is 25.6 Å². The van der Waals surface area contributed by atoms with Crippen molar-refractivity contribution in [1.29, 1.82) is 0 Å². The quantitative estimate of drug-likeness (QED) is 0.599. The van der Waals surface area contributed by atoms with Gasteiger partial charge in [0.25, 0.3) is 0 Å². The molecule has 0 amide bonds. The van der Waals surface area contributed by atoms with Crippen LogP contribution in [-0.2, 0) is 11.3 Å². The first-order valence-electron chi connectivity index (χ1n) is 7.71. The molecule has 0 unspecified atom stereocenters. The van der Waals surface area contributed by atoms with Crippen molar-refractivity contribution in [1.82, 2.24) is 5.16 Å². The van der Waals surface area contributed by atoms with Crippen LogP contribution in [-0.4, -0.2) is 18.2 Å². The van der Waals surface area contributed by atoms with Gasteiger partial charge in [-0.15, -0.1) is 0 Å². The molecule has 5 nitrogen and oxygen atoms in total. The molecule has 0 saturated carbocycles. The fourth-order valence-corrected chi connectivity index (χ4v) is 2.60. The number of rotatable bonds is 5. The van der Waals surface area contributed by atoms with Gasteiger partial charge in [-0.2, -0.15) is 0 Å². The Bertz CT molecular complexity index is 937. The van der Waals surface area contributed by atoms with Gasteiger partial charge in [0.05, 0.1) is 7.11 Å². The standard InChI is InChI=1S/C19H15ClFNO4/c1-11-16(22-26-18(11)12-3-6-14(21)7-4-12)10-25-19(23)15-9-13(20)5-8-17(15)24-2/h3-9H,10H2,1-2H3. The van der Waals surface area contributed by atoms with Crippen molar-refractivity contribution >= 4 is 17.6 Å². The SMILES string of the molecule is COc1ccc(Cl)cc1C(=O)OCc1noc(-c2ccc(F)cc2)c1C. The van der Waals surface area contributed by atoms with Crippen molar-refractivity contribution < 1.29 is 23.2 Å². The van der Waals surface area contributed by atoms with E-state index in [1.807, 2.05) is 0 Å². The molecule has 0 saturated heterocycles. The number of benzene rings is 2. The lowest BCUT2D eigenvalue weighted by atomic mass is 10.1. The van der Waals surface area contributed by atoms with Crippen LogP contribution in [0, 0.1) is 12.7 Å². The van der Waals surface area contributed by atoms with Gasteiger partial charge in [0.15, 0.2) is 5.76 Å². The third-order valence-corrected chi connectivity index (χ3v) is 4.08. The smallest absolute Gasteiger partial charge is 0.342 e. The van der Waals surface area contributed by atoms with Crippen molar-refractivity contribution in [3.05, 3.63) is 70.1 Å². The molecule has 0 fully saturated rings. The van der Waals surface area contributed by atoms with Gasteiger partial charge in [0.2, 0.25) is 0 Å². The molecule has 1 heterocycles. The molecule has 134 valence electrons. The average molecular weight is 376 g/mol. The molecule has 3 rings (SSSR count). The molecule has 2 aromatic carbocycles. The minimum atomic E-state index is -0.588. The second-order valence-corrected chi connectivity index (χ2v) is 5.95. The molecule has 0 aliphatic heterocycles. The van der Waals surface area contributed by atoms with Gasteiger partial charge in [-0.05, 0) is 49.4 Å². The van der Waals surface area contributed by atoms with E-state index in [2.05, 4.69) is 5.16 Å². The average Bonchev–Trinajstić information content (AvgIpc) is 3.01. The second-order valence-electron chi connectivity index (χ2n) is 5.51. The Kier molecular flexibility index (Phi) is 5.23. The molecule has 0 aliphatic carbocycles. The van der Waals surface area contributed by atoms with Crippen LogP contribution in [0.5, 0.6) is 5.75 Å². The summed E-state index contributed by atoms with van der Waals surface area (Å²) >= 11 is 5.93. The largest absolute Gasteiger partial charge is 0.496 e. The first kappa shape index (κ1) is 17.9. The number of esters is 1. The lowest BCUT2D eigenvalue weighted by Crippen LogP contribution is -2.08. The van der Waals surface area contributed by atoms with E-state index in [-0.39, 0.29) is 18.0 Å². The highest BCUT2D eigenvalue weighted by Crippen LogP contribution is 2.27. The summed E-state index contributed by atoms with van der Waals surface area (Å²) in [4.78, 5) is 12.3. The molecule has 0 N–H and O–H groups in total. The Hall–Kier alpha value is -2.86. The summed E-state index contributed by atoms with van der Waals surface area (Å²) in [6.45, 7) is 1.71. The first-order valence-corrected chi connectivity index (χ1v) is 8.09. The molecule has 0 atom stereocenters. The first-order chi connectivity index (χ1) is 12.5. The number of hydrogen-bond acceptors (Lipinski definition) is 5.